The lowest BCUT2D eigenvalue weighted by Gasteiger charge is -2.46. The van der Waals surface area contributed by atoms with Crippen molar-refractivity contribution in [3.05, 3.63) is 58.3 Å². The average molecular weight is 543 g/mol. The maximum Gasteiger partial charge on any atom is 0.338 e. The molecule has 5 aliphatic rings. The average Bonchev–Trinajstić information content (AvgIpc) is 3.29. The Kier molecular flexibility index (Phi) is 6.59. The molecule has 1 amide bonds. The predicted octanol–water partition coefficient (Wildman–Crippen LogP) is 2.72. The number of morpholine rings is 1. The first-order valence-electron chi connectivity index (χ1n) is 14.3. The number of nitrogens with zero attached hydrogens (tertiary/aromatic N) is 6. The van der Waals surface area contributed by atoms with Crippen molar-refractivity contribution in [3.8, 4) is 0 Å². The smallest absolute Gasteiger partial charge is 0.338 e. The van der Waals surface area contributed by atoms with Gasteiger partial charge in [0.2, 0.25) is 5.91 Å². The molecule has 4 aliphatic heterocycles. The summed E-state index contributed by atoms with van der Waals surface area (Å²) < 4.78 is 11.5. The zero-order valence-electron chi connectivity index (χ0n) is 22.7. The van der Waals surface area contributed by atoms with Gasteiger partial charge in [-0.2, -0.15) is 5.10 Å². The van der Waals surface area contributed by atoms with Crippen molar-refractivity contribution in [2.24, 2.45) is 10.2 Å². The molecule has 2 saturated heterocycles. The van der Waals surface area contributed by atoms with Crippen molar-refractivity contribution in [3.63, 3.8) is 0 Å². The number of esters is 1. The van der Waals surface area contributed by atoms with Gasteiger partial charge in [-0.25, -0.2) is 9.78 Å². The van der Waals surface area contributed by atoms with Crippen LogP contribution in [0.1, 0.15) is 64.4 Å². The number of cyclic esters (lactones) is 1. The molecule has 208 valence electrons. The van der Waals surface area contributed by atoms with E-state index in [9.17, 15) is 9.59 Å². The topological polar surface area (TPSA) is 99.9 Å². The Balaban J connectivity index is 0.996. The number of amides is 1. The summed E-state index contributed by atoms with van der Waals surface area (Å²) in [5.74, 6) is 0.682. The zero-order chi connectivity index (χ0) is 27.2. The van der Waals surface area contributed by atoms with Crippen molar-refractivity contribution in [1.82, 2.24) is 14.8 Å². The number of benzene rings is 1. The third-order valence-electron chi connectivity index (χ3n) is 9.03. The predicted molar refractivity (Wildman–Crippen MR) is 150 cm³/mol. The molecular formula is C30H34N6O4. The molecule has 2 fully saturated rings. The van der Waals surface area contributed by atoms with Gasteiger partial charge in [-0.1, -0.05) is 12.1 Å². The number of rotatable bonds is 3. The molecule has 1 aromatic carbocycles. The molecule has 7 rings (SSSR count). The van der Waals surface area contributed by atoms with Crippen LogP contribution in [0.15, 0.2) is 40.7 Å². The van der Waals surface area contributed by atoms with Crippen molar-refractivity contribution >= 4 is 30.2 Å². The standard InChI is InChI=1S/C30H34N6O4/c1-19-6-8-32-33-18-36(19)28-13-20-2-5-25(26(20)14-31-28)29(37)35-10-9-34-16-27(40-17-23(34)15-35)22-3-4-24-21(12-22)7-11-39-30(24)38/h3-4,8,12-14,18-19,23,25,27H,2,5-7,9-11,15-17H2,1H3. The molecule has 0 spiro atoms. The molecule has 0 radical (unpaired) electrons. The van der Waals surface area contributed by atoms with Crippen LogP contribution in [0, 0.1) is 0 Å². The molecule has 4 unspecified atom stereocenters. The lowest BCUT2D eigenvalue weighted by atomic mass is 9.96. The normalized spacial score (nSPS) is 28.0. The van der Waals surface area contributed by atoms with Crippen LogP contribution in [0.2, 0.25) is 0 Å². The van der Waals surface area contributed by atoms with E-state index < -0.39 is 0 Å². The number of pyridine rings is 1. The summed E-state index contributed by atoms with van der Waals surface area (Å²) in [6.45, 7) is 6.17. The first-order chi connectivity index (χ1) is 19.5. The Morgan fingerprint density at radius 2 is 2.00 bits per heavy atom. The first kappa shape index (κ1) is 25.3. The van der Waals surface area contributed by atoms with Crippen molar-refractivity contribution in [1.29, 1.82) is 0 Å². The van der Waals surface area contributed by atoms with E-state index in [1.54, 1.807) is 6.34 Å². The summed E-state index contributed by atoms with van der Waals surface area (Å²) in [5, 5.41) is 8.11. The second-order valence-electron chi connectivity index (χ2n) is 11.4. The number of hydrogen-bond acceptors (Lipinski definition) is 9. The number of carbonyl (C=O) groups is 2. The van der Waals surface area contributed by atoms with E-state index in [-0.39, 0.29) is 36.0 Å². The highest BCUT2D eigenvalue weighted by molar-refractivity contribution is 5.92. The van der Waals surface area contributed by atoms with E-state index in [1.165, 1.54) is 5.56 Å². The molecule has 1 aliphatic carbocycles. The molecule has 0 N–H and O–H groups in total. The largest absolute Gasteiger partial charge is 0.462 e. The van der Waals surface area contributed by atoms with E-state index >= 15 is 0 Å². The third-order valence-corrected chi connectivity index (χ3v) is 9.03. The maximum absolute atomic E-state index is 13.7. The number of hydrogen-bond donors (Lipinski definition) is 0. The van der Waals surface area contributed by atoms with Crippen molar-refractivity contribution in [2.75, 3.05) is 44.3 Å². The monoisotopic (exact) mass is 542 g/mol. The maximum atomic E-state index is 13.7. The van der Waals surface area contributed by atoms with Gasteiger partial charge in [-0.3, -0.25) is 9.69 Å². The van der Waals surface area contributed by atoms with E-state index in [1.807, 2.05) is 29.4 Å². The quantitative estimate of drug-likeness (QED) is 0.550. The van der Waals surface area contributed by atoms with Gasteiger partial charge in [0.05, 0.1) is 36.8 Å². The number of aromatic nitrogens is 1. The van der Waals surface area contributed by atoms with Crippen molar-refractivity contribution in [2.45, 2.75) is 56.7 Å². The van der Waals surface area contributed by atoms with Crippen LogP contribution < -0.4 is 4.90 Å². The minimum Gasteiger partial charge on any atom is -0.462 e. The van der Waals surface area contributed by atoms with Gasteiger partial charge >= 0.3 is 5.97 Å². The molecule has 5 heterocycles. The molecule has 1 aromatic heterocycles. The highest BCUT2D eigenvalue weighted by Crippen LogP contribution is 2.37. The van der Waals surface area contributed by atoms with Gasteiger partial charge in [0.1, 0.15) is 12.2 Å². The number of carbonyl (C=O) groups excluding carboxylic acids is 2. The molecule has 0 bridgehead atoms. The molecule has 4 atom stereocenters. The number of anilines is 1. The third kappa shape index (κ3) is 4.58. The Morgan fingerprint density at radius 1 is 1.07 bits per heavy atom. The van der Waals surface area contributed by atoms with Gasteiger partial charge in [0.25, 0.3) is 0 Å². The minimum atomic E-state index is -0.240. The van der Waals surface area contributed by atoms with Crippen LogP contribution >= 0.6 is 0 Å². The van der Waals surface area contributed by atoms with E-state index in [2.05, 4.69) is 39.1 Å². The fraction of sp³-hybridized carbons (Fsp3) is 0.500. The molecule has 2 aromatic rings. The molecule has 10 heteroatoms. The summed E-state index contributed by atoms with van der Waals surface area (Å²) in [6.07, 6.45) is 8.67. The molecule has 0 saturated carbocycles. The summed E-state index contributed by atoms with van der Waals surface area (Å²) in [7, 11) is 0. The van der Waals surface area contributed by atoms with Gasteiger partial charge in [-0.05, 0) is 54.2 Å². The van der Waals surface area contributed by atoms with Crippen LogP contribution in [-0.4, -0.2) is 90.7 Å². The summed E-state index contributed by atoms with van der Waals surface area (Å²) in [4.78, 5) is 37.0. The summed E-state index contributed by atoms with van der Waals surface area (Å²) >= 11 is 0. The minimum absolute atomic E-state index is 0.0349. The van der Waals surface area contributed by atoms with Crippen LogP contribution in [0.5, 0.6) is 0 Å². The lowest BCUT2D eigenvalue weighted by molar-refractivity contribution is -0.141. The SMILES string of the molecule is CC1CC=NN=CN1c1cc2c(cn1)C(C(=O)N1CCN3CC(c4ccc5c(c4)CCOC5=O)OCC3C1)CC2. The van der Waals surface area contributed by atoms with Crippen LogP contribution in [0.4, 0.5) is 5.82 Å². The second kappa shape index (κ2) is 10.4. The molecule has 40 heavy (non-hydrogen) atoms. The number of piperazine rings is 1. The molecule has 10 nitrogen and oxygen atoms in total. The Labute approximate surface area is 233 Å². The fourth-order valence-corrected chi connectivity index (χ4v) is 6.68. The highest BCUT2D eigenvalue weighted by Gasteiger charge is 2.39. The van der Waals surface area contributed by atoms with Gasteiger partial charge in [-0.15, -0.1) is 5.10 Å². The summed E-state index contributed by atoms with van der Waals surface area (Å²) in [6, 6.07) is 8.49. The highest BCUT2D eigenvalue weighted by atomic mass is 16.5. The second-order valence-corrected chi connectivity index (χ2v) is 11.4. The van der Waals surface area contributed by atoms with E-state index in [4.69, 9.17) is 14.5 Å². The Morgan fingerprint density at radius 3 is 2.92 bits per heavy atom. The van der Waals surface area contributed by atoms with Crippen LogP contribution in [0.25, 0.3) is 0 Å². The van der Waals surface area contributed by atoms with Gasteiger partial charge in [0.15, 0.2) is 0 Å². The van der Waals surface area contributed by atoms with Crippen LogP contribution in [-0.2, 0) is 27.1 Å². The summed E-state index contributed by atoms with van der Waals surface area (Å²) in [5.41, 5.74) is 5.07. The lowest BCUT2D eigenvalue weighted by Crippen LogP contribution is -2.60. The zero-order valence-corrected chi connectivity index (χ0v) is 22.7. The van der Waals surface area contributed by atoms with Gasteiger partial charge in [0, 0.05) is 57.5 Å². The number of ether oxygens (including phenoxy) is 2. The van der Waals surface area contributed by atoms with Crippen LogP contribution in [0.3, 0.4) is 0 Å². The number of aryl methyl sites for hydroxylation is 1. The van der Waals surface area contributed by atoms with Crippen molar-refractivity contribution < 1.29 is 19.1 Å². The van der Waals surface area contributed by atoms with Gasteiger partial charge < -0.3 is 19.3 Å². The Hall–Kier alpha value is -3.63. The fourth-order valence-electron chi connectivity index (χ4n) is 6.68. The van der Waals surface area contributed by atoms with E-state index in [0.717, 1.165) is 67.8 Å². The number of fused-ring (bicyclic) bond motifs is 3. The molecular weight excluding hydrogens is 508 g/mol. The Bertz CT molecular complexity index is 1390. The van der Waals surface area contributed by atoms with E-state index in [0.29, 0.717) is 25.3 Å². The first-order valence-corrected chi connectivity index (χ1v) is 14.3.